The molecule has 0 aliphatic heterocycles. The fraction of sp³-hybridized carbons (Fsp3) is 0.0625. The van der Waals surface area contributed by atoms with E-state index in [0.29, 0.717) is 22.3 Å². The predicted molar refractivity (Wildman–Crippen MR) is 90.5 cm³/mol. The number of aromatic nitrogens is 2. The largest absolute Gasteiger partial charge is 0.463 e. The maximum atomic E-state index is 13.1. The Bertz CT molecular complexity index is 858. The molecule has 122 valence electrons. The van der Waals surface area contributed by atoms with Crippen LogP contribution in [0.2, 0.25) is 5.02 Å². The van der Waals surface area contributed by atoms with E-state index in [9.17, 15) is 9.18 Å². The summed E-state index contributed by atoms with van der Waals surface area (Å²) in [5, 5.41) is 3.05. The van der Waals surface area contributed by atoms with Crippen LogP contribution in [0.25, 0.3) is 11.5 Å². The van der Waals surface area contributed by atoms with E-state index in [2.05, 4.69) is 15.3 Å². The highest BCUT2D eigenvalue weighted by Gasteiger charge is 2.09. The number of furan rings is 1. The Labute approximate surface area is 146 Å². The van der Waals surface area contributed by atoms with Gasteiger partial charge in [0.1, 0.15) is 11.5 Å². The van der Waals surface area contributed by atoms with E-state index >= 15 is 0 Å². The van der Waals surface area contributed by atoms with E-state index in [4.69, 9.17) is 16.0 Å². The molecule has 0 saturated heterocycles. The number of hydrogen-bond acceptors (Lipinski definition) is 5. The Hall–Kier alpha value is -2.38. The molecule has 0 atom stereocenters. The van der Waals surface area contributed by atoms with E-state index in [1.54, 1.807) is 30.7 Å². The van der Waals surface area contributed by atoms with Gasteiger partial charge in [0.25, 0.3) is 0 Å². The second-order valence-electron chi connectivity index (χ2n) is 4.67. The maximum Gasteiger partial charge on any atom is 0.234 e. The van der Waals surface area contributed by atoms with Crippen molar-refractivity contribution in [2.24, 2.45) is 0 Å². The van der Waals surface area contributed by atoms with Crippen LogP contribution >= 0.6 is 23.4 Å². The van der Waals surface area contributed by atoms with Gasteiger partial charge in [-0.15, -0.1) is 0 Å². The van der Waals surface area contributed by atoms with Crippen LogP contribution in [-0.4, -0.2) is 21.6 Å². The van der Waals surface area contributed by atoms with Gasteiger partial charge in [-0.1, -0.05) is 23.4 Å². The minimum absolute atomic E-state index is 0.0464. The molecule has 0 fully saturated rings. The Morgan fingerprint density at radius 3 is 2.96 bits per heavy atom. The average Bonchev–Trinajstić information content (AvgIpc) is 3.11. The fourth-order valence-electron chi connectivity index (χ4n) is 1.87. The SMILES string of the molecule is O=C(CSc1nccc(-c2ccco2)n1)Nc1ccc(F)c(Cl)c1. The van der Waals surface area contributed by atoms with Crippen molar-refractivity contribution in [1.82, 2.24) is 9.97 Å². The first kappa shape index (κ1) is 16.5. The van der Waals surface area contributed by atoms with Crippen molar-refractivity contribution in [3.63, 3.8) is 0 Å². The summed E-state index contributed by atoms with van der Waals surface area (Å²) in [5.74, 6) is -0.0668. The van der Waals surface area contributed by atoms with Crippen LogP contribution in [0.1, 0.15) is 0 Å². The summed E-state index contributed by atoms with van der Waals surface area (Å²) in [6, 6.07) is 9.28. The first-order valence-electron chi connectivity index (χ1n) is 6.86. The Morgan fingerprint density at radius 2 is 2.21 bits per heavy atom. The van der Waals surface area contributed by atoms with Gasteiger partial charge in [0, 0.05) is 11.9 Å². The maximum absolute atomic E-state index is 13.1. The third-order valence-corrected chi connectivity index (χ3v) is 4.09. The van der Waals surface area contributed by atoms with Gasteiger partial charge in [-0.25, -0.2) is 14.4 Å². The summed E-state index contributed by atoms with van der Waals surface area (Å²) in [5.41, 5.74) is 1.07. The van der Waals surface area contributed by atoms with Crippen LogP contribution in [0, 0.1) is 5.82 Å². The lowest BCUT2D eigenvalue weighted by molar-refractivity contribution is -0.113. The highest BCUT2D eigenvalue weighted by Crippen LogP contribution is 2.22. The summed E-state index contributed by atoms with van der Waals surface area (Å²) in [6.07, 6.45) is 3.16. The molecule has 3 rings (SSSR count). The number of benzene rings is 1. The van der Waals surface area contributed by atoms with E-state index in [1.807, 2.05) is 0 Å². The number of halogens is 2. The van der Waals surface area contributed by atoms with Crippen molar-refractivity contribution in [2.45, 2.75) is 5.16 Å². The van der Waals surface area contributed by atoms with Gasteiger partial charge in [-0.3, -0.25) is 4.79 Å². The first-order valence-corrected chi connectivity index (χ1v) is 8.23. The molecule has 0 aliphatic carbocycles. The fourth-order valence-corrected chi connectivity index (χ4v) is 2.68. The molecule has 5 nitrogen and oxygen atoms in total. The third kappa shape index (κ3) is 4.12. The molecule has 2 aromatic heterocycles. The van der Waals surface area contributed by atoms with Gasteiger partial charge in [-0.2, -0.15) is 0 Å². The number of carbonyl (C=O) groups is 1. The predicted octanol–water partition coefficient (Wildman–Crippen LogP) is 4.26. The van der Waals surface area contributed by atoms with E-state index in [-0.39, 0.29) is 16.7 Å². The van der Waals surface area contributed by atoms with E-state index < -0.39 is 5.82 Å². The van der Waals surface area contributed by atoms with E-state index in [1.165, 1.54) is 30.0 Å². The molecule has 0 unspecified atom stereocenters. The lowest BCUT2D eigenvalue weighted by Crippen LogP contribution is -2.14. The van der Waals surface area contributed by atoms with Crippen LogP contribution in [0.3, 0.4) is 0 Å². The number of carbonyl (C=O) groups excluding carboxylic acids is 1. The summed E-state index contributed by atoms with van der Waals surface area (Å²) in [4.78, 5) is 20.4. The number of hydrogen-bond donors (Lipinski definition) is 1. The van der Waals surface area contributed by atoms with Crippen LogP contribution in [0.15, 0.2) is 58.4 Å². The number of amides is 1. The molecule has 0 saturated carbocycles. The Morgan fingerprint density at radius 1 is 1.33 bits per heavy atom. The molecule has 1 N–H and O–H groups in total. The molecule has 24 heavy (non-hydrogen) atoms. The van der Waals surface area contributed by atoms with Crippen LogP contribution < -0.4 is 5.32 Å². The van der Waals surface area contributed by atoms with Gasteiger partial charge in [-0.05, 0) is 36.4 Å². The van der Waals surface area contributed by atoms with Crippen LogP contribution in [0.5, 0.6) is 0 Å². The standard InChI is InChI=1S/C16H11ClFN3O2S/c17-11-8-10(3-4-12(11)18)20-15(22)9-24-16-19-6-5-13(21-16)14-2-1-7-23-14/h1-8H,9H2,(H,20,22). The third-order valence-electron chi connectivity index (χ3n) is 2.94. The second-order valence-corrected chi connectivity index (χ2v) is 6.02. The zero-order valence-electron chi connectivity index (χ0n) is 12.2. The molecule has 8 heteroatoms. The summed E-state index contributed by atoms with van der Waals surface area (Å²) in [6.45, 7) is 0. The molecule has 2 heterocycles. The summed E-state index contributed by atoms with van der Waals surface area (Å²) < 4.78 is 18.4. The topological polar surface area (TPSA) is 68.0 Å². The molecule has 1 amide bonds. The number of thioether (sulfide) groups is 1. The number of nitrogens with one attached hydrogen (secondary N) is 1. The molecule has 3 aromatic rings. The average molecular weight is 364 g/mol. The van der Waals surface area contributed by atoms with Crippen molar-refractivity contribution in [3.05, 3.63) is 59.7 Å². The lowest BCUT2D eigenvalue weighted by atomic mass is 10.3. The highest BCUT2D eigenvalue weighted by molar-refractivity contribution is 7.99. The first-order chi connectivity index (χ1) is 11.6. The molecule has 0 aliphatic rings. The monoisotopic (exact) mass is 363 g/mol. The number of nitrogens with zero attached hydrogens (tertiary/aromatic N) is 2. The van der Waals surface area contributed by atoms with Crippen molar-refractivity contribution in [1.29, 1.82) is 0 Å². The van der Waals surface area contributed by atoms with Gasteiger partial charge in [0.2, 0.25) is 5.91 Å². The second kappa shape index (κ2) is 7.46. The van der Waals surface area contributed by atoms with Crippen molar-refractivity contribution >= 4 is 35.0 Å². The molecular formula is C16H11ClFN3O2S. The summed E-state index contributed by atoms with van der Waals surface area (Å²) >= 11 is 6.86. The van der Waals surface area contributed by atoms with Gasteiger partial charge >= 0.3 is 0 Å². The van der Waals surface area contributed by atoms with Gasteiger partial charge < -0.3 is 9.73 Å². The van der Waals surface area contributed by atoms with Gasteiger partial charge in [0.15, 0.2) is 10.9 Å². The molecule has 1 aromatic carbocycles. The molecule has 0 radical (unpaired) electrons. The normalized spacial score (nSPS) is 10.6. The van der Waals surface area contributed by atoms with Crippen LogP contribution in [0.4, 0.5) is 10.1 Å². The quantitative estimate of drug-likeness (QED) is 0.542. The zero-order chi connectivity index (χ0) is 16.9. The van der Waals surface area contributed by atoms with Crippen molar-refractivity contribution in [2.75, 3.05) is 11.1 Å². The lowest BCUT2D eigenvalue weighted by Gasteiger charge is -2.06. The smallest absolute Gasteiger partial charge is 0.234 e. The minimum Gasteiger partial charge on any atom is -0.463 e. The number of rotatable bonds is 5. The molecule has 0 spiro atoms. The number of anilines is 1. The minimum atomic E-state index is -0.535. The zero-order valence-corrected chi connectivity index (χ0v) is 13.8. The van der Waals surface area contributed by atoms with Crippen molar-refractivity contribution in [3.8, 4) is 11.5 Å². The van der Waals surface area contributed by atoms with Crippen molar-refractivity contribution < 1.29 is 13.6 Å². The Balaban J connectivity index is 1.60. The van der Waals surface area contributed by atoms with Crippen LogP contribution in [-0.2, 0) is 4.79 Å². The highest BCUT2D eigenvalue weighted by atomic mass is 35.5. The molecule has 0 bridgehead atoms. The summed E-state index contributed by atoms with van der Waals surface area (Å²) in [7, 11) is 0. The Kier molecular flexibility index (Phi) is 5.12. The van der Waals surface area contributed by atoms with Gasteiger partial charge in [0.05, 0.1) is 17.0 Å². The van der Waals surface area contributed by atoms with E-state index in [0.717, 1.165) is 0 Å². The molecular weight excluding hydrogens is 353 g/mol.